The third-order valence-electron chi connectivity index (χ3n) is 5.79. The van der Waals surface area contributed by atoms with Gasteiger partial charge in [0.1, 0.15) is 6.04 Å². The Kier molecular flexibility index (Phi) is 6.22. The Balaban J connectivity index is 1.56. The second-order valence-corrected chi connectivity index (χ2v) is 8.19. The van der Waals surface area contributed by atoms with Gasteiger partial charge in [-0.1, -0.05) is 0 Å². The lowest BCUT2D eigenvalue weighted by molar-refractivity contribution is -0.157. The molecule has 190 valence electrons. The van der Waals surface area contributed by atoms with Gasteiger partial charge in [-0.25, -0.2) is 0 Å². The van der Waals surface area contributed by atoms with Crippen LogP contribution in [0.25, 0.3) is 0 Å². The number of hydrogen-bond donors (Lipinski definition) is 2. The standard InChI is InChI=1S/C22H16F6N4O4/c23-21(24,25)12-5-6-29-14(8-12)17(22(26,27)28)31-18(34)10-1-2-13-11(7-10)9-32(20(13)36)15-3-4-16(33)30-19(15)35/h1-2,5-8,15,17H,3-4,9H2,(H,31,34)(H,30,33,35). The Morgan fingerprint density at radius 3 is 2.44 bits per heavy atom. The Hall–Kier alpha value is -3.97. The van der Waals surface area contributed by atoms with Crippen LogP contribution in [0.2, 0.25) is 0 Å². The van der Waals surface area contributed by atoms with Crippen molar-refractivity contribution < 1.29 is 45.5 Å². The number of carbonyl (C=O) groups excluding carboxylic acids is 4. The summed E-state index contributed by atoms with van der Waals surface area (Å²) in [7, 11) is 0. The molecule has 4 rings (SSSR count). The third kappa shape index (κ3) is 4.88. The molecule has 1 fully saturated rings. The van der Waals surface area contributed by atoms with Crippen LogP contribution in [0.4, 0.5) is 26.3 Å². The molecular formula is C22H16F6N4O4. The van der Waals surface area contributed by atoms with Crippen molar-refractivity contribution in [2.24, 2.45) is 0 Å². The fourth-order valence-corrected chi connectivity index (χ4v) is 4.04. The molecule has 0 radical (unpaired) electrons. The first-order valence-electron chi connectivity index (χ1n) is 10.4. The van der Waals surface area contributed by atoms with Crippen LogP contribution < -0.4 is 10.6 Å². The predicted molar refractivity (Wildman–Crippen MR) is 108 cm³/mol. The zero-order valence-corrected chi connectivity index (χ0v) is 18.0. The van der Waals surface area contributed by atoms with E-state index in [4.69, 9.17) is 0 Å². The highest BCUT2D eigenvalue weighted by Gasteiger charge is 2.44. The molecule has 2 N–H and O–H groups in total. The minimum absolute atomic E-state index is 0.0204. The Morgan fingerprint density at radius 1 is 1.08 bits per heavy atom. The highest BCUT2D eigenvalue weighted by atomic mass is 19.4. The van der Waals surface area contributed by atoms with Crippen LogP contribution in [0.15, 0.2) is 36.5 Å². The summed E-state index contributed by atoms with van der Waals surface area (Å²) in [6, 6.07) is 0.420. The number of benzene rings is 1. The molecule has 2 aliphatic rings. The number of piperidine rings is 1. The summed E-state index contributed by atoms with van der Waals surface area (Å²) in [5, 5.41) is 3.79. The van der Waals surface area contributed by atoms with Crippen molar-refractivity contribution in [2.45, 2.75) is 43.8 Å². The van der Waals surface area contributed by atoms with Crippen molar-refractivity contribution in [3.63, 3.8) is 0 Å². The first-order chi connectivity index (χ1) is 16.8. The lowest BCUT2D eigenvalue weighted by Crippen LogP contribution is -2.52. The van der Waals surface area contributed by atoms with E-state index >= 15 is 0 Å². The number of hydrogen-bond acceptors (Lipinski definition) is 5. The summed E-state index contributed by atoms with van der Waals surface area (Å²) < 4.78 is 79.8. The first kappa shape index (κ1) is 25.1. The lowest BCUT2D eigenvalue weighted by atomic mass is 10.0. The van der Waals surface area contributed by atoms with Crippen LogP contribution in [0.5, 0.6) is 0 Å². The number of carbonyl (C=O) groups is 4. The summed E-state index contributed by atoms with van der Waals surface area (Å²) in [6.45, 7) is -0.126. The summed E-state index contributed by atoms with van der Waals surface area (Å²) in [5.74, 6) is -2.94. The molecule has 0 aliphatic carbocycles. The molecular weight excluding hydrogens is 498 g/mol. The normalized spacial score (nSPS) is 19.1. The van der Waals surface area contributed by atoms with Crippen molar-refractivity contribution in [1.29, 1.82) is 0 Å². The van der Waals surface area contributed by atoms with Gasteiger partial charge in [0.05, 0.1) is 11.3 Å². The van der Waals surface area contributed by atoms with E-state index in [0.717, 1.165) is 6.07 Å². The van der Waals surface area contributed by atoms with Crippen LogP contribution >= 0.6 is 0 Å². The van der Waals surface area contributed by atoms with Gasteiger partial charge in [-0.05, 0) is 42.3 Å². The van der Waals surface area contributed by atoms with Gasteiger partial charge in [0.15, 0.2) is 6.04 Å². The molecule has 3 heterocycles. The highest BCUT2D eigenvalue weighted by molar-refractivity contribution is 6.06. The van der Waals surface area contributed by atoms with E-state index in [1.54, 1.807) is 5.32 Å². The monoisotopic (exact) mass is 514 g/mol. The second-order valence-electron chi connectivity index (χ2n) is 8.19. The van der Waals surface area contributed by atoms with E-state index in [1.807, 2.05) is 0 Å². The maximum atomic E-state index is 13.7. The fraction of sp³-hybridized carbons (Fsp3) is 0.318. The average Bonchev–Trinajstić information content (AvgIpc) is 3.11. The molecule has 1 saturated heterocycles. The maximum Gasteiger partial charge on any atom is 0.416 e. The van der Waals surface area contributed by atoms with Gasteiger partial charge < -0.3 is 10.2 Å². The zero-order chi connectivity index (χ0) is 26.4. The number of aromatic nitrogens is 1. The molecule has 1 aromatic heterocycles. The number of alkyl halides is 6. The Labute approximate surface area is 198 Å². The topological polar surface area (TPSA) is 108 Å². The number of pyridine rings is 1. The molecule has 2 unspecified atom stereocenters. The molecule has 2 aromatic rings. The van der Waals surface area contributed by atoms with Crippen LogP contribution in [0.1, 0.15) is 56.4 Å². The average molecular weight is 514 g/mol. The van der Waals surface area contributed by atoms with Crippen LogP contribution in [0.3, 0.4) is 0 Å². The molecule has 36 heavy (non-hydrogen) atoms. The predicted octanol–water partition coefficient (Wildman–Crippen LogP) is 2.89. The first-order valence-corrected chi connectivity index (χ1v) is 10.4. The molecule has 1 aromatic carbocycles. The largest absolute Gasteiger partial charge is 0.416 e. The number of imide groups is 1. The van der Waals surface area contributed by atoms with Crippen molar-refractivity contribution in [1.82, 2.24) is 20.5 Å². The zero-order valence-electron chi connectivity index (χ0n) is 18.0. The van der Waals surface area contributed by atoms with Gasteiger partial charge in [-0.3, -0.25) is 29.5 Å². The molecule has 0 saturated carbocycles. The van der Waals surface area contributed by atoms with Crippen molar-refractivity contribution in [2.75, 3.05) is 0 Å². The minimum atomic E-state index is -5.16. The maximum absolute atomic E-state index is 13.7. The van der Waals surface area contributed by atoms with Gasteiger partial charge in [0.25, 0.3) is 11.8 Å². The lowest BCUT2D eigenvalue weighted by Gasteiger charge is -2.29. The van der Waals surface area contributed by atoms with Gasteiger partial charge in [0, 0.05) is 30.3 Å². The summed E-state index contributed by atoms with van der Waals surface area (Å²) in [6.07, 6.45) is -9.41. The molecule has 0 bridgehead atoms. The summed E-state index contributed by atoms with van der Waals surface area (Å²) in [4.78, 5) is 53.4. The fourth-order valence-electron chi connectivity index (χ4n) is 4.04. The van der Waals surface area contributed by atoms with Crippen molar-refractivity contribution in [3.05, 3.63) is 64.5 Å². The Morgan fingerprint density at radius 2 is 1.81 bits per heavy atom. The van der Waals surface area contributed by atoms with Gasteiger partial charge in [0.2, 0.25) is 11.8 Å². The quantitative estimate of drug-likeness (QED) is 0.482. The molecule has 0 spiro atoms. The van der Waals surface area contributed by atoms with Gasteiger partial charge in [-0.15, -0.1) is 0 Å². The molecule has 8 nitrogen and oxygen atoms in total. The van der Waals surface area contributed by atoms with Crippen LogP contribution in [-0.2, 0) is 22.3 Å². The smallest absolute Gasteiger partial charge is 0.335 e. The van der Waals surface area contributed by atoms with E-state index in [9.17, 15) is 45.5 Å². The van der Waals surface area contributed by atoms with Gasteiger partial charge >= 0.3 is 12.4 Å². The molecule has 14 heteroatoms. The van der Waals surface area contributed by atoms with Crippen LogP contribution in [-0.4, -0.2) is 45.7 Å². The van der Waals surface area contributed by atoms with Crippen molar-refractivity contribution in [3.8, 4) is 0 Å². The molecule has 4 amide bonds. The minimum Gasteiger partial charge on any atom is -0.335 e. The second kappa shape index (κ2) is 8.91. The number of halogens is 6. The SMILES string of the molecule is O=C1CCC(N2Cc3cc(C(=O)NC(c4cc(C(F)(F)F)ccn4)C(F)(F)F)ccc3C2=O)C(=O)N1. The van der Waals surface area contributed by atoms with E-state index in [0.29, 0.717) is 12.3 Å². The van der Waals surface area contributed by atoms with E-state index < -0.39 is 59.3 Å². The van der Waals surface area contributed by atoms with Crippen molar-refractivity contribution >= 4 is 23.6 Å². The highest BCUT2D eigenvalue weighted by Crippen LogP contribution is 2.36. The third-order valence-corrected chi connectivity index (χ3v) is 5.79. The van der Waals surface area contributed by atoms with E-state index in [2.05, 4.69) is 10.3 Å². The molecule has 2 aliphatic heterocycles. The number of nitrogens with one attached hydrogen (secondary N) is 2. The summed E-state index contributed by atoms with van der Waals surface area (Å²) >= 11 is 0. The van der Waals surface area contributed by atoms with Crippen LogP contribution in [0, 0.1) is 0 Å². The summed E-state index contributed by atoms with van der Waals surface area (Å²) in [5.41, 5.74) is -2.30. The molecule has 2 atom stereocenters. The Bertz CT molecular complexity index is 1260. The van der Waals surface area contributed by atoms with E-state index in [-0.39, 0.29) is 42.1 Å². The number of amides is 4. The number of nitrogens with zero attached hydrogens (tertiary/aromatic N) is 2. The number of fused-ring (bicyclic) bond motifs is 1. The van der Waals surface area contributed by atoms with Gasteiger partial charge in [-0.2, -0.15) is 26.3 Å². The van der Waals surface area contributed by atoms with E-state index in [1.165, 1.54) is 17.0 Å². The number of rotatable bonds is 4.